The van der Waals surface area contributed by atoms with Gasteiger partial charge in [0.05, 0.1) is 0 Å². The van der Waals surface area contributed by atoms with Gasteiger partial charge in [0.15, 0.2) is 0 Å². The number of nitrogens with two attached hydrogens (primary N) is 1. The fourth-order valence-electron chi connectivity index (χ4n) is 4.72. The quantitative estimate of drug-likeness (QED) is 0.815. The Morgan fingerprint density at radius 2 is 1.78 bits per heavy atom. The SMILES string of the molecule is CCC1(CC(C)C)CC(N)C(N(C)C)C1C(C)C. The first kappa shape index (κ1) is 16.0. The number of nitrogens with zero attached hydrogens (tertiary/aromatic N) is 1. The van der Waals surface area contributed by atoms with E-state index in [1.807, 2.05) is 0 Å². The molecule has 0 saturated heterocycles. The second-order valence-corrected chi connectivity index (χ2v) is 7.41. The smallest absolute Gasteiger partial charge is 0.0277 e. The van der Waals surface area contributed by atoms with Crippen LogP contribution in [0.15, 0.2) is 0 Å². The van der Waals surface area contributed by atoms with E-state index >= 15 is 0 Å². The molecule has 2 nitrogen and oxygen atoms in total. The van der Waals surface area contributed by atoms with E-state index in [1.54, 1.807) is 0 Å². The van der Waals surface area contributed by atoms with Crippen molar-refractivity contribution in [3.05, 3.63) is 0 Å². The van der Waals surface area contributed by atoms with Crippen molar-refractivity contribution in [3.63, 3.8) is 0 Å². The van der Waals surface area contributed by atoms with E-state index < -0.39 is 0 Å². The second kappa shape index (κ2) is 5.92. The van der Waals surface area contributed by atoms with Crippen molar-refractivity contribution in [2.24, 2.45) is 28.9 Å². The van der Waals surface area contributed by atoms with Gasteiger partial charge in [0.25, 0.3) is 0 Å². The molecule has 0 aliphatic heterocycles. The molecule has 1 saturated carbocycles. The van der Waals surface area contributed by atoms with Crippen LogP contribution in [-0.4, -0.2) is 31.1 Å². The summed E-state index contributed by atoms with van der Waals surface area (Å²) in [6.07, 6.45) is 3.80. The Hall–Kier alpha value is -0.0800. The van der Waals surface area contributed by atoms with Gasteiger partial charge in [-0.1, -0.05) is 41.0 Å². The standard InChI is InChI=1S/C16H34N2/c1-8-16(9-11(2)3)10-13(17)15(18(6)7)14(16)12(4)5/h11-15H,8-10,17H2,1-7H3. The van der Waals surface area contributed by atoms with Gasteiger partial charge in [0.1, 0.15) is 0 Å². The van der Waals surface area contributed by atoms with Crippen LogP contribution in [0.5, 0.6) is 0 Å². The maximum absolute atomic E-state index is 6.49. The van der Waals surface area contributed by atoms with Crippen LogP contribution < -0.4 is 5.73 Å². The molecule has 0 aromatic carbocycles. The first-order chi connectivity index (χ1) is 8.25. The third-order valence-corrected chi connectivity index (χ3v) is 4.99. The van der Waals surface area contributed by atoms with Crippen LogP contribution in [0.3, 0.4) is 0 Å². The summed E-state index contributed by atoms with van der Waals surface area (Å²) in [7, 11) is 4.39. The average Bonchev–Trinajstić information content (AvgIpc) is 2.50. The van der Waals surface area contributed by atoms with Crippen molar-refractivity contribution >= 4 is 0 Å². The molecule has 2 N–H and O–H groups in total. The Morgan fingerprint density at radius 3 is 2.11 bits per heavy atom. The molecule has 0 bridgehead atoms. The summed E-state index contributed by atoms with van der Waals surface area (Å²) in [5.41, 5.74) is 6.95. The van der Waals surface area contributed by atoms with Gasteiger partial charge in [0, 0.05) is 12.1 Å². The van der Waals surface area contributed by atoms with E-state index in [4.69, 9.17) is 5.73 Å². The third-order valence-electron chi connectivity index (χ3n) is 4.99. The minimum atomic E-state index is 0.339. The largest absolute Gasteiger partial charge is 0.326 e. The Morgan fingerprint density at radius 1 is 1.22 bits per heavy atom. The fourth-order valence-corrected chi connectivity index (χ4v) is 4.72. The van der Waals surface area contributed by atoms with Gasteiger partial charge in [-0.2, -0.15) is 0 Å². The van der Waals surface area contributed by atoms with Crippen molar-refractivity contribution in [1.29, 1.82) is 0 Å². The average molecular weight is 254 g/mol. The maximum Gasteiger partial charge on any atom is 0.0277 e. The molecular weight excluding hydrogens is 220 g/mol. The van der Waals surface area contributed by atoms with Crippen LogP contribution >= 0.6 is 0 Å². The zero-order valence-corrected chi connectivity index (χ0v) is 13.5. The molecule has 1 aliphatic carbocycles. The third kappa shape index (κ3) is 2.91. The molecule has 0 heterocycles. The lowest BCUT2D eigenvalue weighted by atomic mass is 9.66. The van der Waals surface area contributed by atoms with Gasteiger partial charge < -0.3 is 10.6 Å². The molecule has 18 heavy (non-hydrogen) atoms. The van der Waals surface area contributed by atoms with Crippen LogP contribution in [0.2, 0.25) is 0 Å². The lowest BCUT2D eigenvalue weighted by Gasteiger charge is -2.42. The van der Waals surface area contributed by atoms with Crippen molar-refractivity contribution in [2.45, 2.75) is 66.0 Å². The van der Waals surface area contributed by atoms with Crippen molar-refractivity contribution in [2.75, 3.05) is 14.1 Å². The van der Waals surface area contributed by atoms with Gasteiger partial charge >= 0.3 is 0 Å². The summed E-state index contributed by atoms with van der Waals surface area (Å²) < 4.78 is 0. The lowest BCUT2D eigenvalue weighted by molar-refractivity contribution is 0.0687. The highest BCUT2D eigenvalue weighted by atomic mass is 15.1. The number of likely N-dealkylation sites (N-methyl/N-ethyl adjacent to an activating group) is 1. The van der Waals surface area contributed by atoms with Gasteiger partial charge in [-0.25, -0.2) is 0 Å². The van der Waals surface area contributed by atoms with E-state index in [0.29, 0.717) is 23.4 Å². The Kier molecular flexibility index (Phi) is 5.25. The van der Waals surface area contributed by atoms with Crippen molar-refractivity contribution in [3.8, 4) is 0 Å². The van der Waals surface area contributed by atoms with Crippen LogP contribution in [0, 0.1) is 23.2 Å². The summed E-state index contributed by atoms with van der Waals surface area (Å²) in [4.78, 5) is 2.37. The predicted molar refractivity (Wildman–Crippen MR) is 80.6 cm³/mol. The molecule has 1 rings (SSSR count). The Bertz CT molecular complexity index is 260. The first-order valence-corrected chi connectivity index (χ1v) is 7.67. The first-order valence-electron chi connectivity index (χ1n) is 7.67. The molecule has 2 heteroatoms. The van der Waals surface area contributed by atoms with Crippen LogP contribution in [0.4, 0.5) is 0 Å². The molecule has 4 atom stereocenters. The van der Waals surface area contributed by atoms with Crippen LogP contribution in [0.1, 0.15) is 53.9 Å². The highest BCUT2D eigenvalue weighted by Crippen LogP contribution is 2.53. The second-order valence-electron chi connectivity index (χ2n) is 7.41. The maximum atomic E-state index is 6.49. The summed E-state index contributed by atoms with van der Waals surface area (Å²) in [6.45, 7) is 11.8. The zero-order chi connectivity index (χ0) is 14.1. The van der Waals surface area contributed by atoms with Gasteiger partial charge in [-0.3, -0.25) is 0 Å². The van der Waals surface area contributed by atoms with E-state index in [9.17, 15) is 0 Å². The highest BCUT2D eigenvalue weighted by Gasteiger charge is 2.52. The molecule has 1 fully saturated rings. The van der Waals surface area contributed by atoms with Crippen molar-refractivity contribution < 1.29 is 0 Å². The molecule has 4 unspecified atom stereocenters. The molecule has 1 aliphatic rings. The number of rotatable bonds is 5. The molecule has 0 aromatic heterocycles. The molecule has 0 amide bonds. The number of hydrogen-bond donors (Lipinski definition) is 1. The summed E-state index contributed by atoms with van der Waals surface area (Å²) in [5, 5.41) is 0. The van der Waals surface area contributed by atoms with E-state index in [1.165, 1.54) is 19.3 Å². The fraction of sp³-hybridized carbons (Fsp3) is 1.00. The van der Waals surface area contributed by atoms with Crippen molar-refractivity contribution in [1.82, 2.24) is 4.90 Å². The minimum absolute atomic E-state index is 0.339. The summed E-state index contributed by atoms with van der Waals surface area (Å²) in [6, 6.07) is 0.884. The Balaban J connectivity index is 3.09. The van der Waals surface area contributed by atoms with E-state index in [0.717, 1.165) is 11.8 Å². The topological polar surface area (TPSA) is 29.3 Å². The molecule has 0 aromatic rings. The van der Waals surface area contributed by atoms with E-state index in [-0.39, 0.29) is 0 Å². The van der Waals surface area contributed by atoms with E-state index in [2.05, 4.69) is 53.6 Å². The lowest BCUT2D eigenvalue weighted by Crippen LogP contribution is -2.46. The molecular formula is C16H34N2. The monoisotopic (exact) mass is 254 g/mol. The number of hydrogen-bond acceptors (Lipinski definition) is 2. The molecule has 0 spiro atoms. The van der Waals surface area contributed by atoms with Gasteiger partial charge in [-0.15, -0.1) is 0 Å². The molecule has 0 radical (unpaired) electrons. The highest BCUT2D eigenvalue weighted by molar-refractivity contribution is 5.06. The molecule has 108 valence electrons. The van der Waals surface area contributed by atoms with Gasteiger partial charge in [0.2, 0.25) is 0 Å². The van der Waals surface area contributed by atoms with Crippen LogP contribution in [0.25, 0.3) is 0 Å². The summed E-state index contributed by atoms with van der Waals surface area (Å²) >= 11 is 0. The van der Waals surface area contributed by atoms with Crippen LogP contribution in [-0.2, 0) is 0 Å². The minimum Gasteiger partial charge on any atom is -0.326 e. The zero-order valence-electron chi connectivity index (χ0n) is 13.5. The van der Waals surface area contributed by atoms with Gasteiger partial charge in [-0.05, 0) is 50.1 Å². The predicted octanol–water partition coefficient (Wildman–Crippen LogP) is 3.36. The Labute approximate surface area is 114 Å². The normalized spacial score (nSPS) is 37.2. The summed E-state index contributed by atoms with van der Waals surface area (Å²) in [5.74, 6) is 2.21.